The molecule has 0 radical (unpaired) electrons. The first-order valence-corrected chi connectivity index (χ1v) is 11.5. The van der Waals surface area contributed by atoms with Gasteiger partial charge in [0.05, 0.1) is 22.7 Å². The van der Waals surface area contributed by atoms with E-state index in [1.807, 2.05) is 39.0 Å². The smallest absolute Gasteiger partial charge is 0.309 e. The number of benzene rings is 1. The number of aliphatic carboxylic acids is 1. The third kappa shape index (κ3) is 4.35. The highest BCUT2D eigenvalue weighted by atomic mass is 32.1. The Morgan fingerprint density at radius 3 is 2.42 bits per heavy atom. The lowest BCUT2D eigenvalue weighted by Gasteiger charge is -2.50. The summed E-state index contributed by atoms with van der Waals surface area (Å²) in [6.45, 7) is 7.52. The third-order valence-electron chi connectivity index (χ3n) is 6.88. The van der Waals surface area contributed by atoms with Gasteiger partial charge < -0.3 is 15.5 Å². The normalized spacial score (nSPS) is 24.4. The van der Waals surface area contributed by atoms with Gasteiger partial charge in [-0.05, 0) is 61.8 Å². The van der Waals surface area contributed by atoms with Crippen molar-refractivity contribution in [2.24, 2.45) is 10.8 Å². The highest BCUT2D eigenvalue weighted by Gasteiger charge is 2.56. The number of hydrogen-bond donors (Lipinski definition) is 3. The van der Waals surface area contributed by atoms with Crippen molar-refractivity contribution in [2.75, 3.05) is 5.32 Å². The fourth-order valence-electron chi connectivity index (χ4n) is 4.51. The number of carboxylic acids is 1. The SMILES string of the molecule is Cc1cc(Nc2ncc(F)cn2)cc(-c2cnc(C3(O)CCC(C)(C(=O)O)C(C)(C)C3)s2)c1. The van der Waals surface area contributed by atoms with Gasteiger partial charge >= 0.3 is 5.97 Å². The summed E-state index contributed by atoms with van der Waals surface area (Å²) in [4.78, 5) is 25.2. The number of nitrogens with one attached hydrogen (secondary N) is 1. The third-order valence-corrected chi connectivity index (χ3v) is 8.12. The molecule has 0 bridgehead atoms. The zero-order valence-corrected chi connectivity index (χ0v) is 19.8. The maximum absolute atomic E-state index is 13.1. The highest BCUT2D eigenvalue weighted by molar-refractivity contribution is 7.15. The molecule has 3 N–H and O–H groups in total. The summed E-state index contributed by atoms with van der Waals surface area (Å²) in [6, 6.07) is 5.87. The number of carboxylic acid groups (broad SMARTS) is 1. The first kappa shape index (κ1) is 23.3. The fraction of sp³-hybridized carbons (Fsp3) is 0.417. The molecule has 1 aromatic carbocycles. The number of carbonyl (C=O) groups is 1. The predicted octanol–water partition coefficient (Wildman–Crippen LogP) is 5.28. The molecule has 2 heterocycles. The van der Waals surface area contributed by atoms with Gasteiger partial charge in [0, 0.05) is 11.9 Å². The van der Waals surface area contributed by atoms with Crippen molar-refractivity contribution in [3.63, 3.8) is 0 Å². The summed E-state index contributed by atoms with van der Waals surface area (Å²) in [5.74, 6) is -1.05. The summed E-state index contributed by atoms with van der Waals surface area (Å²) >= 11 is 1.41. The number of thiazole rings is 1. The molecule has 4 rings (SSSR count). The van der Waals surface area contributed by atoms with E-state index in [2.05, 4.69) is 20.3 Å². The van der Waals surface area contributed by atoms with Crippen LogP contribution in [0.3, 0.4) is 0 Å². The van der Waals surface area contributed by atoms with E-state index in [1.165, 1.54) is 11.3 Å². The van der Waals surface area contributed by atoms with Crippen LogP contribution in [0.2, 0.25) is 0 Å². The van der Waals surface area contributed by atoms with Crippen LogP contribution >= 0.6 is 11.3 Å². The summed E-state index contributed by atoms with van der Waals surface area (Å²) < 4.78 is 13.1. The fourth-order valence-corrected chi connectivity index (χ4v) is 5.53. The van der Waals surface area contributed by atoms with Gasteiger partial charge in [0.15, 0.2) is 5.82 Å². The van der Waals surface area contributed by atoms with E-state index in [9.17, 15) is 19.4 Å². The van der Waals surface area contributed by atoms with Crippen LogP contribution in [0.1, 0.15) is 50.6 Å². The molecule has 3 aromatic rings. The molecule has 0 saturated heterocycles. The number of halogens is 1. The molecule has 0 aliphatic heterocycles. The van der Waals surface area contributed by atoms with Crippen LogP contribution in [0.5, 0.6) is 0 Å². The van der Waals surface area contributed by atoms with Gasteiger partial charge in [-0.15, -0.1) is 11.3 Å². The minimum absolute atomic E-state index is 0.290. The molecule has 174 valence electrons. The lowest BCUT2D eigenvalue weighted by Crippen LogP contribution is -2.51. The van der Waals surface area contributed by atoms with E-state index >= 15 is 0 Å². The lowest BCUT2D eigenvalue weighted by molar-refractivity contribution is -0.170. The zero-order chi connectivity index (χ0) is 24.0. The van der Waals surface area contributed by atoms with Crippen molar-refractivity contribution >= 4 is 28.9 Å². The molecule has 33 heavy (non-hydrogen) atoms. The van der Waals surface area contributed by atoms with Gasteiger partial charge in [-0.25, -0.2) is 19.3 Å². The summed E-state index contributed by atoms with van der Waals surface area (Å²) in [5, 5.41) is 24.9. The molecule has 1 fully saturated rings. The van der Waals surface area contributed by atoms with E-state index in [1.54, 1.807) is 13.1 Å². The first-order valence-electron chi connectivity index (χ1n) is 10.7. The van der Waals surface area contributed by atoms with Crippen LogP contribution in [-0.2, 0) is 10.4 Å². The van der Waals surface area contributed by atoms with Crippen molar-refractivity contribution in [3.8, 4) is 10.4 Å². The Morgan fingerprint density at radius 1 is 1.09 bits per heavy atom. The zero-order valence-electron chi connectivity index (χ0n) is 19.0. The Hall–Kier alpha value is -2.91. The van der Waals surface area contributed by atoms with Crippen LogP contribution in [0.25, 0.3) is 10.4 Å². The second kappa shape index (κ2) is 8.14. The molecule has 1 aliphatic rings. The van der Waals surface area contributed by atoms with Gasteiger partial charge in [-0.3, -0.25) is 4.79 Å². The van der Waals surface area contributed by atoms with Crippen molar-refractivity contribution < 1.29 is 19.4 Å². The number of aryl methyl sites for hydroxylation is 1. The summed E-state index contributed by atoms with van der Waals surface area (Å²) in [7, 11) is 0. The van der Waals surface area contributed by atoms with E-state index in [-0.39, 0.29) is 5.95 Å². The minimum atomic E-state index is -1.17. The van der Waals surface area contributed by atoms with Gasteiger partial charge in [0.1, 0.15) is 10.6 Å². The maximum Gasteiger partial charge on any atom is 0.309 e. The van der Waals surface area contributed by atoms with Gasteiger partial charge in [-0.1, -0.05) is 19.9 Å². The Morgan fingerprint density at radius 2 is 1.79 bits per heavy atom. The van der Waals surface area contributed by atoms with E-state index in [0.717, 1.165) is 34.1 Å². The number of anilines is 2. The van der Waals surface area contributed by atoms with E-state index in [4.69, 9.17) is 0 Å². The Bertz CT molecular complexity index is 1200. The van der Waals surface area contributed by atoms with Crippen molar-refractivity contribution in [1.82, 2.24) is 15.0 Å². The molecule has 1 aliphatic carbocycles. The van der Waals surface area contributed by atoms with Crippen LogP contribution in [0.4, 0.5) is 16.0 Å². The topological polar surface area (TPSA) is 108 Å². The monoisotopic (exact) mass is 470 g/mol. The minimum Gasteiger partial charge on any atom is -0.481 e. The lowest BCUT2D eigenvalue weighted by atomic mass is 9.55. The number of rotatable bonds is 5. The quantitative estimate of drug-likeness (QED) is 0.465. The Balaban J connectivity index is 1.60. The van der Waals surface area contributed by atoms with E-state index < -0.39 is 28.2 Å². The second-order valence-corrected chi connectivity index (χ2v) is 10.7. The molecule has 7 nitrogen and oxygen atoms in total. The molecule has 2 atom stereocenters. The second-order valence-electron chi connectivity index (χ2n) is 9.70. The molecular weight excluding hydrogens is 443 g/mol. The number of aromatic nitrogens is 3. The highest BCUT2D eigenvalue weighted by Crippen LogP contribution is 2.56. The Kier molecular flexibility index (Phi) is 5.74. The molecule has 9 heteroatoms. The molecule has 2 unspecified atom stereocenters. The predicted molar refractivity (Wildman–Crippen MR) is 125 cm³/mol. The molecule has 1 saturated carbocycles. The summed E-state index contributed by atoms with van der Waals surface area (Å²) in [5.41, 5.74) is -0.0131. The van der Waals surface area contributed by atoms with Crippen LogP contribution in [-0.4, -0.2) is 31.1 Å². The largest absolute Gasteiger partial charge is 0.481 e. The summed E-state index contributed by atoms with van der Waals surface area (Å²) in [6.07, 6.45) is 4.97. The van der Waals surface area contributed by atoms with Crippen molar-refractivity contribution in [1.29, 1.82) is 0 Å². The average Bonchev–Trinajstić information content (AvgIpc) is 3.23. The maximum atomic E-state index is 13.1. The first-order chi connectivity index (χ1) is 15.4. The molecule has 0 amide bonds. The van der Waals surface area contributed by atoms with Crippen molar-refractivity contribution in [3.05, 3.63) is 53.2 Å². The van der Waals surface area contributed by atoms with Crippen LogP contribution in [0.15, 0.2) is 36.8 Å². The Labute approximate surface area is 195 Å². The number of nitrogens with zero attached hydrogens (tertiary/aromatic N) is 3. The van der Waals surface area contributed by atoms with Gasteiger partial charge in [-0.2, -0.15) is 0 Å². The van der Waals surface area contributed by atoms with Crippen LogP contribution in [0, 0.1) is 23.6 Å². The molecule has 0 spiro atoms. The van der Waals surface area contributed by atoms with E-state index in [0.29, 0.717) is 24.3 Å². The number of hydrogen-bond acceptors (Lipinski definition) is 7. The standard InChI is InChI=1S/C24H27FN4O3S/c1-14-7-15(9-17(8-14)29-21-27-10-16(25)11-28-21)18-12-26-19(33-18)24(32)6-5-23(4,20(30)31)22(2,3)13-24/h7-12,32H,5-6,13H2,1-4H3,(H,30,31)(H,27,28,29). The molecular formula is C24H27FN4O3S. The van der Waals surface area contributed by atoms with Gasteiger partial charge in [0.2, 0.25) is 5.95 Å². The van der Waals surface area contributed by atoms with Gasteiger partial charge in [0.25, 0.3) is 0 Å². The van der Waals surface area contributed by atoms with Crippen molar-refractivity contribution in [2.45, 2.75) is 52.6 Å². The molecule has 2 aromatic heterocycles. The average molecular weight is 471 g/mol. The number of aliphatic hydroxyl groups is 1. The van der Waals surface area contributed by atoms with Crippen LogP contribution < -0.4 is 5.32 Å².